The average molecular weight is 286 g/mol. The van der Waals surface area contributed by atoms with Crippen LogP contribution in [0.2, 0.25) is 0 Å². The second kappa shape index (κ2) is 6.83. The number of hydrogen-bond donors (Lipinski definition) is 2. The minimum Gasteiger partial charge on any atom is -0.393 e. The molecular formula is C14H20F2N2O2. The molecule has 1 aromatic rings. The highest BCUT2D eigenvalue weighted by molar-refractivity contribution is 5.92. The zero-order valence-corrected chi connectivity index (χ0v) is 11.3. The standard InChI is InChI=1S/C14H20F2N2O2/c15-13(16)9-18-7-3-5-11(18)14(20)17-8-10-4-1-2-6-12(10)19/h3,5,7,10,12-13,19H,1-2,4,6,8-9H2,(H,17,20). The van der Waals surface area contributed by atoms with Gasteiger partial charge in [-0.15, -0.1) is 0 Å². The molecule has 20 heavy (non-hydrogen) atoms. The van der Waals surface area contributed by atoms with Crippen molar-refractivity contribution < 1.29 is 18.7 Å². The Morgan fingerprint density at radius 3 is 2.90 bits per heavy atom. The normalized spacial score (nSPS) is 23.0. The molecule has 0 bridgehead atoms. The molecule has 4 nitrogen and oxygen atoms in total. The first-order valence-electron chi connectivity index (χ1n) is 6.97. The largest absolute Gasteiger partial charge is 0.393 e. The predicted molar refractivity (Wildman–Crippen MR) is 70.7 cm³/mol. The molecule has 0 radical (unpaired) electrons. The molecule has 1 amide bonds. The number of nitrogens with one attached hydrogen (secondary N) is 1. The van der Waals surface area contributed by atoms with Gasteiger partial charge in [0.05, 0.1) is 12.6 Å². The van der Waals surface area contributed by atoms with E-state index in [1.165, 1.54) is 16.8 Å². The van der Waals surface area contributed by atoms with Crippen LogP contribution in [0.25, 0.3) is 0 Å². The fraction of sp³-hybridized carbons (Fsp3) is 0.643. The molecule has 1 saturated carbocycles. The number of hydrogen-bond acceptors (Lipinski definition) is 2. The van der Waals surface area contributed by atoms with Crippen LogP contribution in [0.4, 0.5) is 8.78 Å². The van der Waals surface area contributed by atoms with E-state index in [1.807, 2.05) is 0 Å². The Morgan fingerprint density at radius 1 is 1.45 bits per heavy atom. The van der Waals surface area contributed by atoms with Crippen molar-refractivity contribution in [2.24, 2.45) is 5.92 Å². The molecule has 6 heteroatoms. The van der Waals surface area contributed by atoms with Crippen molar-refractivity contribution in [1.29, 1.82) is 0 Å². The van der Waals surface area contributed by atoms with Gasteiger partial charge < -0.3 is 15.0 Å². The van der Waals surface area contributed by atoms with Gasteiger partial charge in [0.2, 0.25) is 0 Å². The molecule has 0 aromatic carbocycles. The highest BCUT2D eigenvalue weighted by Crippen LogP contribution is 2.23. The molecule has 1 aromatic heterocycles. The minimum absolute atomic E-state index is 0.0613. The van der Waals surface area contributed by atoms with Gasteiger partial charge in [-0.05, 0) is 25.0 Å². The molecule has 2 unspecified atom stereocenters. The number of carbonyl (C=O) groups excluding carboxylic acids is 1. The van der Waals surface area contributed by atoms with Crippen LogP contribution < -0.4 is 5.32 Å². The number of halogens is 2. The summed E-state index contributed by atoms with van der Waals surface area (Å²) in [6.07, 6.45) is 2.33. The SMILES string of the molecule is O=C(NCC1CCCCC1O)c1cccn1CC(F)F. The molecule has 2 rings (SSSR count). The van der Waals surface area contributed by atoms with Gasteiger partial charge in [0, 0.05) is 18.7 Å². The van der Waals surface area contributed by atoms with Crippen LogP contribution >= 0.6 is 0 Å². The van der Waals surface area contributed by atoms with Gasteiger partial charge in [-0.1, -0.05) is 12.8 Å². The summed E-state index contributed by atoms with van der Waals surface area (Å²) in [6, 6.07) is 3.10. The van der Waals surface area contributed by atoms with Gasteiger partial charge in [0.25, 0.3) is 12.3 Å². The van der Waals surface area contributed by atoms with E-state index >= 15 is 0 Å². The van der Waals surface area contributed by atoms with E-state index in [0.29, 0.717) is 6.54 Å². The molecule has 1 aliphatic carbocycles. The summed E-state index contributed by atoms with van der Waals surface area (Å²) in [5, 5.41) is 12.6. The molecule has 2 N–H and O–H groups in total. The zero-order valence-electron chi connectivity index (χ0n) is 11.3. The fourth-order valence-corrected chi connectivity index (χ4v) is 2.67. The Kier molecular flexibility index (Phi) is 5.11. The molecule has 2 atom stereocenters. The molecule has 112 valence electrons. The quantitative estimate of drug-likeness (QED) is 0.870. The first-order chi connectivity index (χ1) is 9.58. The summed E-state index contributed by atoms with van der Waals surface area (Å²) in [5.41, 5.74) is 0.232. The number of aliphatic hydroxyl groups excluding tert-OH is 1. The Balaban J connectivity index is 1.90. The summed E-state index contributed by atoms with van der Waals surface area (Å²) in [6.45, 7) is -0.0956. The molecule has 0 aliphatic heterocycles. The van der Waals surface area contributed by atoms with E-state index in [4.69, 9.17) is 0 Å². The molecule has 0 saturated heterocycles. The molecule has 1 aliphatic rings. The minimum atomic E-state index is -2.49. The van der Waals surface area contributed by atoms with E-state index < -0.39 is 13.0 Å². The second-order valence-electron chi connectivity index (χ2n) is 5.26. The number of alkyl halides is 2. The van der Waals surface area contributed by atoms with Crippen molar-refractivity contribution in [3.8, 4) is 0 Å². The number of rotatable bonds is 5. The van der Waals surface area contributed by atoms with Crippen molar-refractivity contribution in [2.75, 3.05) is 6.54 Å². The van der Waals surface area contributed by atoms with Crippen molar-refractivity contribution in [3.05, 3.63) is 24.0 Å². The Bertz CT molecular complexity index is 448. The molecular weight excluding hydrogens is 266 g/mol. The number of amides is 1. The maximum Gasteiger partial charge on any atom is 0.267 e. The Morgan fingerprint density at radius 2 is 2.20 bits per heavy atom. The zero-order chi connectivity index (χ0) is 14.5. The smallest absolute Gasteiger partial charge is 0.267 e. The van der Waals surface area contributed by atoms with Crippen molar-refractivity contribution in [2.45, 2.75) is 44.8 Å². The van der Waals surface area contributed by atoms with Crippen molar-refractivity contribution in [1.82, 2.24) is 9.88 Å². The van der Waals surface area contributed by atoms with Gasteiger partial charge in [0.1, 0.15) is 5.69 Å². The first kappa shape index (κ1) is 15.0. The third-order valence-corrected chi connectivity index (χ3v) is 3.79. The van der Waals surface area contributed by atoms with E-state index in [2.05, 4.69) is 5.32 Å². The van der Waals surface area contributed by atoms with E-state index in [1.54, 1.807) is 6.07 Å². The highest BCUT2D eigenvalue weighted by atomic mass is 19.3. The lowest BCUT2D eigenvalue weighted by atomic mass is 9.86. The van der Waals surface area contributed by atoms with Gasteiger partial charge in [-0.25, -0.2) is 8.78 Å². The van der Waals surface area contributed by atoms with Crippen LogP contribution in [0.15, 0.2) is 18.3 Å². The number of nitrogens with zero attached hydrogens (tertiary/aromatic N) is 1. The van der Waals surface area contributed by atoms with Gasteiger partial charge >= 0.3 is 0 Å². The number of carbonyl (C=O) groups is 1. The molecule has 1 heterocycles. The second-order valence-corrected chi connectivity index (χ2v) is 5.26. The highest BCUT2D eigenvalue weighted by Gasteiger charge is 2.24. The van der Waals surface area contributed by atoms with E-state index in [9.17, 15) is 18.7 Å². The maximum absolute atomic E-state index is 12.4. The lowest BCUT2D eigenvalue weighted by Gasteiger charge is -2.27. The number of aromatic nitrogens is 1. The van der Waals surface area contributed by atoms with Crippen LogP contribution in [0.1, 0.15) is 36.2 Å². The van der Waals surface area contributed by atoms with Crippen LogP contribution in [0, 0.1) is 5.92 Å². The Labute approximate surface area is 116 Å². The third kappa shape index (κ3) is 3.79. The van der Waals surface area contributed by atoms with Gasteiger partial charge in [-0.3, -0.25) is 4.79 Å². The topological polar surface area (TPSA) is 54.3 Å². The summed E-state index contributed by atoms with van der Waals surface area (Å²) in [5.74, 6) is -0.306. The summed E-state index contributed by atoms with van der Waals surface area (Å²) in [4.78, 5) is 12.0. The third-order valence-electron chi connectivity index (χ3n) is 3.79. The number of aliphatic hydroxyl groups is 1. The lowest BCUT2D eigenvalue weighted by molar-refractivity contribution is 0.0659. The summed E-state index contributed by atoms with van der Waals surface area (Å²) >= 11 is 0. The molecule has 1 fully saturated rings. The molecule has 0 spiro atoms. The van der Waals surface area contributed by atoms with Gasteiger partial charge in [-0.2, -0.15) is 0 Å². The fourth-order valence-electron chi connectivity index (χ4n) is 2.67. The van der Waals surface area contributed by atoms with E-state index in [-0.39, 0.29) is 23.6 Å². The maximum atomic E-state index is 12.4. The summed E-state index contributed by atoms with van der Waals surface area (Å²) < 4.78 is 26.0. The van der Waals surface area contributed by atoms with Crippen LogP contribution in [-0.4, -0.2) is 34.7 Å². The monoisotopic (exact) mass is 286 g/mol. The Hall–Kier alpha value is -1.43. The van der Waals surface area contributed by atoms with Crippen LogP contribution in [-0.2, 0) is 6.54 Å². The predicted octanol–water partition coefficient (Wildman–Crippen LogP) is 2.03. The van der Waals surface area contributed by atoms with Crippen LogP contribution in [0.5, 0.6) is 0 Å². The van der Waals surface area contributed by atoms with E-state index in [0.717, 1.165) is 25.7 Å². The van der Waals surface area contributed by atoms with Gasteiger partial charge in [0.15, 0.2) is 0 Å². The van der Waals surface area contributed by atoms with Crippen molar-refractivity contribution >= 4 is 5.91 Å². The summed E-state index contributed by atoms with van der Waals surface area (Å²) in [7, 11) is 0. The lowest BCUT2D eigenvalue weighted by Crippen LogP contribution is -2.37. The average Bonchev–Trinajstić information content (AvgIpc) is 2.85. The van der Waals surface area contributed by atoms with Crippen molar-refractivity contribution in [3.63, 3.8) is 0 Å². The van der Waals surface area contributed by atoms with Crippen LogP contribution in [0.3, 0.4) is 0 Å². The first-order valence-corrected chi connectivity index (χ1v) is 6.97.